The SMILES string of the molecule is CC(=O)Nc1ccc(OCCCCOCCCNc2cccc3c2C(=O)N(C2CCC(=O)NC2=O)C3=O)c(F)c1. The lowest BCUT2D eigenvalue weighted by Crippen LogP contribution is -2.54. The Morgan fingerprint density at radius 1 is 1.05 bits per heavy atom. The molecule has 5 amide bonds. The number of carbonyl (C=O) groups is 5. The van der Waals surface area contributed by atoms with Crippen molar-refractivity contribution in [2.24, 2.45) is 0 Å². The predicted octanol–water partition coefficient (Wildman–Crippen LogP) is 2.86. The van der Waals surface area contributed by atoms with Crippen molar-refractivity contribution in [1.82, 2.24) is 10.2 Å². The molecule has 12 heteroatoms. The number of halogens is 1. The molecule has 212 valence electrons. The third-order valence-corrected chi connectivity index (χ3v) is 6.44. The Morgan fingerprint density at radius 3 is 2.58 bits per heavy atom. The van der Waals surface area contributed by atoms with Crippen LogP contribution in [0.3, 0.4) is 0 Å². The van der Waals surface area contributed by atoms with Gasteiger partial charge >= 0.3 is 0 Å². The van der Waals surface area contributed by atoms with Crippen LogP contribution in [0.25, 0.3) is 0 Å². The number of benzene rings is 2. The first-order valence-corrected chi connectivity index (χ1v) is 13.1. The van der Waals surface area contributed by atoms with Crippen molar-refractivity contribution < 1.29 is 37.8 Å². The molecule has 1 unspecified atom stereocenters. The summed E-state index contributed by atoms with van der Waals surface area (Å²) in [6, 6.07) is 8.17. The van der Waals surface area contributed by atoms with Gasteiger partial charge in [-0.1, -0.05) is 6.07 Å². The molecule has 4 rings (SSSR count). The van der Waals surface area contributed by atoms with E-state index in [1.165, 1.54) is 19.1 Å². The second-order valence-corrected chi connectivity index (χ2v) is 9.45. The molecule has 0 radical (unpaired) electrons. The number of anilines is 2. The average Bonchev–Trinajstić information content (AvgIpc) is 3.16. The molecule has 2 aromatic carbocycles. The molecule has 0 spiro atoms. The van der Waals surface area contributed by atoms with E-state index in [2.05, 4.69) is 16.0 Å². The number of fused-ring (bicyclic) bond motifs is 1. The molecule has 1 fully saturated rings. The maximum absolute atomic E-state index is 14.0. The van der Waals surface area contributed by atoms with Gasteiger partial charge in [-0.05, 0) is 49.9 Å². The summed E-state index contributed by atoms with van der Waals surface area (Å²) in [5, 5.41) is 7.87. The molecule has 2 heterocycles. The molecule has 2 aliphatic heterocycles. The van der Waals surface area contributed by atoms with Crippen LogP contribution < -0.4 is 20.7 Å². The smallest absolute Gasteiger partial charge is 0.264 e. The summed E-state index contributed by atoms with van der Waals surface area (Å²) in [5.74, 6) is -2.87. The number of ether oxygens (including phenoxy) is 2. The molecule has 3 N–H and O–H groups in total. The van der Waals surface area contributed by atoms with Gasteiger partial charge in [0.25, 0.3) is 11.8 Å². The molecule has 0 aliphatic carbocycles. The highest BCUT2D eigenvalue weighted by molar-refractivity contribution is 6.25. The Hall–Kier alpha value is -4.32. The van der Waals surface area contributed by atoms with Crippen molar-refractivity contribution >= 4 is 40.9 Å². The largest absolute Gasteiger partial charge is 0.491 e. The average molecular weight is 555 g/mol. The highest BCUT2D eigenvalue weighted by Crippen LogP contribution is 2.32. The summed E-state index contributed by atoms with van der Waals surface area (Å²) in [5.41, 5.74) is 1.31. The van der Waals surface area contributed by atoms with Crippen LogP contribution in [0.5, 0.6) is 5.75 Å². The fourth-order valence-corrected chi connectivity index (χ4v) is 4.55. The first kappa shape index (κ1) is 28.7. The second kappa shape index (κ2) is 13.2. The summed E-state index contributed by atoms with van der Waals surface area (Å²) in [6.07, 6.45) is 2.20. The Labute approximate surface area is 230 Å². The number of carbonyl (C=O) groups excluding carboxylic acids is 5. The van der Waals surface area contributed by atoms with Gasteiger partial charge in [0.15, 0.2) is 11.6 Å². The van der Waals surface area contributed by atoms with E-state index in [4.69, 9.17) is 9.47 Å². The zero-order valence-electron chi connectivity index (χ0n) is 22.1. The molecule has 40 heavy (non-hydrogen) atoms. The molecule has 1 atom stereocenters. The molecular weight excluding hydrogens is 523 g/mol. The summed E-state index contributed by atoms with van der Waals surface area (Å²) in [7, 11) is 0. The number of hydrogen-bond donors (Lipinski definition) is 3. The van der Waals surface area contributed by atoms with Crippen LogP contribution >= 0.6 is 0 Å². The summed E-state index contributed by atoms with van der Waals surface area (Å²) in [6.45, 7) is 3.14. The number of rotatable bonds is 13. The highest BCUT2D eigenvalue weighted by atomic mass is 19.1. The van der Waals surface area contributed by atoms with Crippen LogP contribution in [0.15, 0.2) is 36.4 Å². The lowest BCUT2D eigenvalue weighted by Gasteiger charge is -2.27. The van der Waals surface area contributed by atoms with Gasteiger partial charge in [0.1, 0.15) is 6.04 Å². The van der Waals surface area contributed by atoms with Crippen LogP contribution in [-0.4, -0.2) is 66.8 Å². The van der Waals surface area contributed by atoms with Crippen LogP contribution in [0.2, 0.25) is 0 Å². The van der Waals surface area contributed by atoms with Gasteiger partial charge in [0, 0.05) is 50.5 Å². The number of piperidine rings is 1. The van der Waals surface area contributed by atoms with E-state index in [0.29, 0.717) is 50.6 Å². The Bertz CT molecular complexity index is 1320. The fourth-order valence-electron chi connectivity index (χ4n) is 4.55. The second-order valence-electron chi connectivity index (χ2n) is 9.45. The first-order chi connectivity index (χ1) is 19.3. The molecular formula is C28H31FN4O7. The van der Waals surface area contributed by atoms with E-state index in [0.717, 1.165) is 11.3 Å². The number of amides is 5. The summed E-state index contributed by atoms with van der Waals surface area (Å²) >= 11 is 0. The fraction of sp³-hybridized carbons (Fsp3) is 0.393. The van der Waals surface area contributed by atoms with E-state index in [9.17, 15) is 28.4 Å². The standard InChI is InChI=1S/C28H31FN4O7/c1-17(34)31-18-8-10-23(20(29)16-18)40-15-3-2-13-39-14-5-12-30-21-7-4-6-19-25(21)28(38)33(27(19)37)22-9-11-24(35)32-26(22)36/h4,6-8,10,16,22,30H,2-3,5,9,11-15H2,1H3,(H,31,34)(H,32,35,36). The molecule has 11 nitrogen and oxygen atoms in total. The van der Waals surface area contributed by atoms with Gasteiger partial charge in [-0.3, -0.25) is 34.2 Å². The van der Waals surface area contributed by atoms with Crippen LogP contribution in [-0.2, 0) is 19.1 Å². The predicted molar refractivity (Wildman–Crippen MR) is 142 cm³/mol. The van der Waals surface area contributed by atoms with Crippen molar-refractivity contribution in [3.05, 3.63) is 53.3 Å². The molecule has 0 bridgehead atoms. The van der Waals surface area contributed by atoms with Crippen molar-refractivity contribution in [3.8, 4) is 5.75 Å². The Balaban J connectivity index is 1.14. The van der Waals surface area contributed by atoms with Crippen molar-refractivity contribution in [2.75, 3.05) is 37.0 Å². The van der Waals surface area contributed by atoms with Gasteiger partial charge < -0.3 is 20.1 Å². The van der Waals surface area contributed by atoms with Gasteiger partial charge in [-0.2, -0.15) is 0 Å². The van der Waals surface area contributed by atoms with Gasteiger partial charge in [-0.15, -0.1) is 0 Å². The van der Waals surface area contributed by atoms with E-state index in [-0.39, 0.29) is 35.6 Å². The van der Waals surface area contributed by atoms with Crippen molar-refractivity contribution in [2.45, 2.75) is 45.1 Å². The summed E-state index contributed by atoms with van der Waals surface area (Å²) < 4.78 is 25.1. The van der Waals surface area contributed by atoms with Gasteiger partial charge in [0.05, 0.1) is 17.7 Å². The topological polar surface area (TPSA) is 143 Å². The van der Waals surface area contributed by atoms with E-state index >= 15 is 0 Å². The normalized spacial score (nSPS) is 16.6. The van der Waals surface area contributed by atoms with E-state index in [1.54, 1.807) is 24.3 Å². The highest BCUT2D eigenvalue weighted by Gasteiger charge is 2.45. The molecule has 1 saturated heterocycles. The lowest BCUT2D eigenvalue weighted by molar-refractivity contribution is -0.136. The number of imide groups is 2. The Kier molecular flexibility index (Phi) is 9.43. The van der Waals surface area contributed by atoms with E-state index in [1.807, 2.05) is 0 Å². The molecule has 2 aromatic rings. The zero-order valence-corrected chi connectivity index (χ0v) is 22.1. The van der Waals surface area contributed by atoms with Gasteiger partial charge in [-0.25, -0.2) is 4.39 Å². The molecule has 0 aromatic heterocycles. The minimum absolute atomic E-state index is 0.0649. The number of nitrogens with zero attached hydrogens (tertiary/aromatic N) is 1. The third kappa shape index (κ3) is 6.81. The maximum atomic E-state index is 14.0. The number of hydrogen-bond acceptors (Lipinski definition) is 8. The van der Waals surface area contributed by atoms with E-state index < -0.39 is 35.5 Å². The lowest BCUT2D eigenvalue weighted by atomic mass is 10.0. The van der Waals surface area contributed by atoms with Gasteiger partial charge in [0.2, 0.25) is 17.7 Å². The van der Waals surface area contributed by atoms with Crippen molar-refractivity contribution in [1.29, 1.82) is 0 Å². The first-order valence-electron chi connectivity index (χ1n) is 13.1. The molecule has 2 aliphatic rings. The minimum atomic E-state index is -1.01. The number of nitrogens with one attached hydrogen (secondary N) is 3. The summed E-state index contributed by atoms with van der Waals surface area (Å²) in [4.78, 5) is 61.7. The zero-order chi connectivity index (χ0) is 28.6. The maximum Gasteiger partial charge on any atom is 0.264 e. The van der Waals surface area contributed by atoms with Crippen molar-refractivity contribution in [3.63, 3.8) is 0 Å². The minimum Gasteiger partial charge on any atom is -0.491 e. The van der Waals surface area contributed by atoms with Crippen LogP contribution in [0, 0.1) is 5.82 Å². The third-order valence-electron chi connectivity index (χ3n) is 6.44. The van der Waals surface area contributed by atoms with Crippen LogP contribution in [0.4, 0.5) is 15.8 Å². The number of unbranched alkanes of at least 4 members (excludes halogenated alkanes) is 1. The Morgan fingerprint density at radius 2 is 1.82 bits per heavy atom. The van der Waals surface area contributed by atoms with Crippen LogP contribution in [0.1, 0.15) is 59.7 Å². The monoisotopic (exact) mass is 554 g/mol. The molecule has 0 saturated carbocycles. The quantitative estimate of drug-likeness (QED) is 0.253.